The first kappa shape index (κ1) is 48.0. The van der Waals surface area contributed by atoms with Gasteiger partial charge in [0.25, 0.3) is 6.71 Å². The van der Waals surface area contributed by atoms with Crippen molar-refractivity contribution in [1.29, 1.82) is 0 Å². The van der Waals surface area contributed by atoms with Gasteiger partial charge in [-0.3, -0.25) is 0 Å². The number of rotatable bonds is 5. The molecular formula is C69H75BN4. The van der Waals surface area contributed by atoms with E-state index in [0.29, 0.717) is 6.04 Å². The predicted octanol–water partition coefficient (Wildman–Crippen LogP) is 17.4. The second kappa shape index (κ2) is 17.0. The molecule has 0 unspecified atom stereocenters. The van der Waals surface area contributed by atoms with Gasteiger partial charge in [-0.15, -0.1) is 0 Å². The van der Waals surface area contributed by atoms with Gasteiger partial charge >= 0.3 is 0 Å². The van der Waals surface area contributed by atoms with Crippen LogP contribution < -0.4 is 31.1 Å². The Balaban J connectivity index is 1.31. The standard InChI is InChI=1S/C69H75BN4/c1-65(2,3)44-24-33-49(34-25-44)72(50-35-26-45(27-36-50)66(4,5)6)60-43-55-63(61-53-20-17-18-21-56(53)71(16)64(60)61)74(52-39-30-47(31-40-52)68(10,11)12)59-23-19-22-58-62(59)70(55)54-42-48(69(13,14)15)32-41-57(54)73(58)51-37-28-46(29-38-51)67(7,8)9/h17-43H,1-16H3/i19D. The molecule has 374 valence electrons. The summed E-state index contributed by atoms with van der Waals surface area (Å²) in [7, 11) is 2.25. The summed E-state index contributed by atoms with van der Waals surface area (Å²) in [5.41, 5.74) is 22.2. The van der Waals surface area contributed by atoms with E-state index in [4.69, 9.17) is 0 Å². The van der Waals surface area contributed by atoms with Gasteiger partial charge in [-0.1, -0.05) is 189 Å². The lowest BCUT2D eigenvalue weighted by Gasteiger charge is -2.45. The molecule has 5 heteroatoms. The van der Waals surface area contributed by atoms with Crippen molar-refractivity contribution in [3.05, 3.63) is 192 Å². The van der Waals surface area contributed by atoms with Crippen molar-refractivity contribution in [3.63, 3.8) is 0 Å². The predicted molar refractivity (Wildman–Crippen MR) is 323 cm³/mol. The van der Waals surface area contributed by atoms with Gasteiger partial charge in [0.2, 0.25) is 0 Å². The van der Waals surface area contributed by atoms with Crippen LogP contribution in [0, 0.1) is 0 Å². The lowest BCUT2D eigenvalue weighted by Crippen LogP contribution is -2.61. The Morgan fingerprint density at radius 2 is 0.865 bits per heavy atom. The zero-order valence-corrected chi connectivity index (χ0v) is 46.9. The number of aryl methyl sites for hydroxylation is 1. The molecule has 4 nitrogen and oxygen atoms in total. The quantitative estimate of drug-likeness (QED) is 0.160. The summed E-state index contributed by atoms with van der Waals surface area (Å²) in [6, 6.07) is 60.5. The smallest absolute Gasteiger partial charge is 0.252 e. The third-order valence-electron chi connectivity index (χ3n) is 16.1. The zero-order valence-electron chi connectivity index (χ0n) is 47.9. The van der Waals surface area contributed by atoms with E-state index >= 15 is 0 Å². The van der Waals surface area contributed by atoms with Crippen LogP contribution in [0.1, 0.15) is 133 Å². The van der Waals surface area contributed by atoms with Crippen LogP contribution >= 0.6 is 0 Å². The highest BCUT2D eigenvalue weighted by molar-refractivity contribution is 7.00. The first-order valence-corrected chi connectivity index (χ1v) is 26.9. The fraction of sp³-hybridized carbons (Fsp3) is 0.304. The molecule has 0 bridgehead atoms. The molecule has 8 aromatic carbocycles. The minimum Gasteiger partial charge on any atom is -0.342 e. The van der Waals surface area contributed by atoms with Crippen LogP contribution in [0.25, 0.3) is 21.8 Å². The minimum atomic E-state index is -0.186. The molecule has 1 aromatic heterocycles. The van der Waals surface area contributed by atoms with Crippen molar-refractivity contribution in [2.45, 2.75) is 131 Å². The topological polar surface area (TPSA) is 14.7 Å². The first-order valence-electron chi connectivity index (χ1n) is 27.4. The zero-order chi connectivity index (χ0) is 53.5. The highest BCUT2D eigenvalue weighted by Crippen LogP contribution is 2.52. The average molecular weight is 972 g/mol. The molecule has 9 aromatic rings. The maximum absolute atomic E-state index is 9.81. The van der Waals surface area contributed by atoms with Crippen LogP contribution in [0.2, 0.25) is 0 Å². The summed E-state index contributed by atoms with van der Waals surface area (Å²) in [6.45, 7) is 34.3. The molecule has 0 N–H and O–H groups in total. The maximum atomic E-state index is 9.81. The van der Waals surface area contributed by atoms with Crippen molar-refractivity contribution < 1.29 is 1.37 Å². The molecule has 0 spiro atoms. The second-order valence-electron chi connectivity index (χ2n) is 26.4. The Labute approximate surface area is 444 Å². The molecular weight excluding hydrogens is 896 g/mol. The van der Waals surface area contributed by atoms with Gasteiger partial charge in [0, 0.05) is 63.1 Å². The number of hydrogen-bond acceptors (Lipinski definition) is 3. The summed E-state index contributed by atoms with van der Waals surface area (Å²) in [4.78, 5) is 7.49. The van der Waals surface area contributed by atoms with Gasteiger partial charge in [-0.05, 0) is 150 Å². The van der Waals surface area contributed by atoms with E-state index < -0.39 is 0 Å². The number of nitrogens with zero attached hydrogens (tertiary/aromatic N) is 4. The molecule has 0 radical (unpaired) electrons. The molecule has 3 heterocycles. The van der Waals surface area contributed by atoms with E-state index in [9.17, 15) is 1.37 Å². The van der Waals surface area contributed by atoms with Gasteiger partial charge in [0.1, 0.15) is 0 Å². The summed E-state index contributed by atoms with van der Waals surface area (Å²) >= 11 is 0. The van der Waals surface area contributed by atoms with E-state index in [1.807, 2.05) is 0 Å². The third kappa shape index (κ3) is 8.13. The summed E-state index contributed by atoms with van der Waals surface area (Å²) in [5.74, 6) is 0. The molecule has 11 rings (SSSR count). The molecule has 0 aliphatic carbocycles. The molecule has 2 aliphatic heterocycles. The molecule has 0 atom stereocenters. The Morgan fingerprint density at radius 3 is 1.35 bits per heavy atom. The Bertz CT molecular complexity index is 3620. The van der Waals surface area contributed by atoms with Crippen LogP contribution in [-0.2, 0) is 34.1 Å². The monoisotopic (exact) mass is 972 g/mol. The van der Waals surface area contributed by atoms with Crippen LogP contribution in [0.5, 0.6) is 0 Å². The SMILES string of the molecule is [2H]c1cc2c3c(c1)N(c1ccc(C(C)(C)C)cc1)c1c(cc(N(c4ccc(C(C)(C)C)cc4)c4ccc(C(C)(C)C)cc4)c4c1c1ccccc1n4C)B3c1cc(C(C)(C)C)ccc1N2c1ccc(C(C)(C)C)cc1. The average Bonchev–Trinajstić information content (AvgIpc) is 3.67. The first-order chi connectivity index (χ1) is 35.2. The van der Waals surface area contributed by atoms with Crippen molar-refractivity contribution in [1.82, 2.24) is 4.57 Å². The largest absolute Gasteiger partial charge is 0.342 e. The Morgan fingerprint density at radius 1 is 0.432 bits per heavy atom. The molecule has 0 saturated carbocycles. The molecule has 74 heavy (non-hydrogen) atoms. The third-order valence-corrected chi connectivity index (χ3v) is 16.1. The normalized spacial score (nSPS) is 14.1. The number of hydrogen-bond donors (Lipinski definition) is 0. The van der Waals surface area contributed by atoms with E-state index in [0.717, 1.165) is 56.7 Å². The van der Waals surface area contributed by atoms with Gasteiger partial charge in [-0.25, -0.2) is 0 Å². The summed E-state index contributed by atoms with van der Waals surface area (Å²) < 4.78 is 12.2. The molecule has 2 aliphatic rings. The van der Waals surface area contributed by atoms with E-state index in [-0.39, 0.29) is 33.8 Å². The van der Waals surface area contributed by atoms with Gasteiger partial charge < -0.3 is 19.3 Å². The minimum absolute atomic E-state index is 0.000152. The lowest BCUT2D eigenvalue weighted by atomic mass is 9.33. The van der Waals surface area contributed by atoms with Crippen molar-refractivity contribution in [2.75, 3.05) is 14.7 Å². The lowest BCUT2D eigenvalue weighted by molar-refractivity contribution is 0.590. The fourth-order valence-corrected chi connectivity index (χ4v) is 11.7. The van der Waals surface area contributed by atoms with Crippen LogP contribution in [0.3, 0.4) is 0 Å². The molecule has 0 saturated heterocycles. The second-order valence-corrected chi connectivity index (χ2v) is 26.4. The molecule has 0 fully saturated rings. The highest BCUT2D eigenvalue weighted by atomic mass is 15.2. The van der Waals surface area contributed by atoms with Crippen LogP contribution in [-0.4, -0.2) is 11.3 Å². The summed E-state index contributed by atoms with van der Waals surface area (Å²) in [6.07, 6.45) is 0. The highest BCUT2D eigenvalue weighted by Gasteiger charge is 2.46. The van der Waals surface area contributed by atoms with E-state index in [2.05, 4.69) is 288 Å². The number of benzene rings is 8. The van der Waals surface area contributed by atoms with E-state index in [1.54, 1.807) is 0 Å². The number of para-hydroxylation sites is 1. The Hall–Kier alpha value is -6.98. The van der Waals surface area contributed by atoms with Gasteiger partial charge in [0.15, 0.2) is 0 Å². The maximum Gasteiger partial charge on any atom is 0.252 e. The van der Waals surface area contributed by atoms with Crippen molar-refractivity contribution in [3.8, 4) is 0 Å². The van der Waals surface area contributed by atoms with Crippen LogP contribution in [0.4, 0.5) is 51.2 Å². The Kier molecular flexibility index (Phi) is 11.0. The molecule has 0 amide bonds. The van der Waals surface area contributed by atoms with Crippen molar-refractivity contribution >= 4 is 96.1 Å². The van der Waals surface area contributed by atoms with E-state index in [1.165, 1.54) is 60.5 Å². The van der Waals surface area contributed by atoms with Gasteiger partial charge in [0.05, 0.1) is 18.3 Å². The number of anilines is 9. The number of fused-ring (bicyclic) bond motifs is 8. The number of aromatic nitrogens is 1. The van der Waals surface area contributed by atoms with Gasteiger partial charge in [-0.2, -0.15) is 0 Å². The van der Waals surface area contributed by atoms with Crippen LogP contribution in [0.15, 0.2) is 164 Å². The van der Waals surface area contributed by atoms with Crippen molar-refractivity contribution in [2.24, 2.45) is 7.05 Å². The summed E-state index contributed by atoms with van der Waals surface area (Å²) in [5, 5.41) is 2.39. The fourth-order valence-electron chi connectivity index (χ4n) is 11.7.